The summed E-state index contributed by atoms with van der Waals surface area (Å²) < 4.78 is 24.9. The molecule has 6 rings (SSSR count). The van der Waals surface area contributed by atoms with E-state index >= 15 is 0 Å². The van der Waals surface area contributed by atoms with Gasteiger partial charge in [0.1, 0.15) is 0 Å². The standard InChI is InChI=1S/C27H31NO3S/c1-2-27(22-9-5-6-19(12-22)17-32(30,31)23-10-11-23)24-15-28(16-25(24)27)18-26(29)13-20-7-3-4-8-21(20)14-26/h2-9,12,23-25,29H,1,10-11,13-18H2/t24-,25+,27?. The zero-order chi connectivity index (χ0) is 22.1. The maximum Gasteiger partial charge on any atom is 0.157 e. The first-order chi connectivity index (χ1) is 15.3. The lowest BCUT2D eigenvalue weighted by molar-refractivity contribution is 0.0146. The predicted molar refractivity (Wildman–Crippen MR) is 126 cm³/mol. The highest BCUT2D eigenvalue weighted by Gasteiger charge is 2.67. The summed E-state index contributed by atoms with van der Waals surface area (Å²) in [4.78, 5) is 2.42. The van der Waals surface area contributed by atoms with Crippen molar-refractivity contribution in [3.05, 3.63) is 83.4 Å². The van der Waals surface area contributed by atoms with E-state index in [0.29, 0.717) is 18.4 Å². The Kier molecular flexibility index (Phi) is 4.53. The molecule has 3 fully saturated rings. The Hall–Kier alpha value is -1.95. The van der Waals surface area contributed by atoms with Crippen LogP contribution in [0.3, 0.4) is 0 Å². The van der Waals surface area contributed by atoms with Gasteiger partial charge in [0, 0.05) is 37.9 Å². The second-order valence-corrected chi connectivity index (χ2v) is 12.9. The smallest absolute Gasteiger partial charge is 0.157 e. The molecule has 0 bridgehead atoms. The van der Waals surface area contributed by atoms with Gasteiger partial charge in [-0.3, -0.25) is 4.90 Å². The molecule has 2 aromatic rings. The van der Waals surface area contributed by atoms with Crippen molar-refractivity contribution in [1.82, 2.24) is 4.90 Å². The van der Waals surface area contributed by atoms with Crippen LogP contribution >= 0.6 is 0 Å². The summed E-state index contributed by atoms with van der Waals surface area (Å²) in [5.74, 6) is 1.12. The van der Waals surface area contributed by atoms with Gasteiger partial charge in [0.25, 0.3) is 0 Å². The number of nitrogens with zero attached hydrogens (tertiary/aromatic N) is 1. The van der Waals surface area contributed by atoms with Gasteiger partial charge >= 0.3 is 0 Å². The minimum absolute atomic E-state index is 0.0584. The first-order valence-electron chi connectivity index (χ1n) is 11.8. The SMILES string of the molecule is C=CC1(c2cccc(CS(=O)(=O)C3CC3)c2)[C@@H]2CN(CC3(O)Cc4ccccc4C3)C[C@@H]21. The molecular formula is C27H31NO3S. The molecule has 0 radical (unpaired) electrons. The lowest BCUT2D eigenvalue weighted by Gasteiger charge is -2.32. The van der Waals surface area contributed by atoms with Crippen molar-refractivity contribution in [3.8, 4) is 0 Å². The minimum Gasteiger partial charge on any atom is -0.388 e. The molecule has 4 aliphatic rings. The summed E-state index contributed by atoms with van der Waals surface area (Å²) in [5, 5.41) is 11.1. The van der Waals surface area contributed by atoms with Crippen LogP contribution in [0.4, 0.5) is 0 Å². The van der Waals surface area contributed by atoms with E-state index in [-0.39, 0.29) is 16.4 Å². The molecule has 1 aliphatic heterocycles. The molecule has 4 nitrogen and oxygen atoms in total. The second-order valence-electron chi connectivity index (χ2n) is 10.6. The van der Waals surface area contributed by atoms with Gasteiger partial charge in [0.2, 0.25) is 0 Å². The van der Waals surface area contributed by atoms with E-state index in [1.165, 1.54) is 16.7 Å². The minimum atomic E-state index is -3.02. The van der Waals surface area contributed by atoms with Gasteiger partial charge in [-0.1, -0.05) is 54.6 Å². The second kappa shape index (κ2) is 7.02. The normalized spacial score (nSPS) is 30.7. The van der Waals surface area contributed by atoms with Crippen molar-refractivity contribution in [2.75, 3.05) is 19.6 Å². The van der Waals surface area contributed by atoms with Crippen LogP contribution in [-0.4, -0.2) is 48.9 Å². The Morgan fingerprint density at radius 2 is 1.69 bits per heavy atom. The zero-order valence-electron chi connectivity index (χ0n) is 18.4. The first-order valence-corrected chi connectivity index (χ1v) is 13.5. The van der Waals surface area contributed by atoms with Gasteiger partial charge in [0.15, 0.2) is 9.84 Å². The summed E-state index contributed by atoms with van der Waals surface area (Å²) in [6, 6.07) is 16.6. The third kappa shape index (κ3) is 3.28. The fourth-order valence-corrected chi connectivity index (χ4v) is 8.37. The molecule has 2 aromatic carbocycles. The molecule has 1 unspecified atom stereocenters. The zero-order valence-corrected chi connectivity index (χ0v) is 19.2. The molecule has 3 aliphatic carbocycles. The lowest BCUT2D eigenvalue weighted by Crippen LogP contribution is -2.44. The summed E-state index contributed by atoms with van der Waals surface area (Å²) in [7, 11) is -3.02. The Labute approximate surface area is 190 Å². The largest absolute Gasteiger partial charge is 0.388 e. The number of sulfone groups is 1. The summed E-state index contributed by atoms with van der Waals surface area (Å²) >= 11 is 0. The Morgan fingerprint density at radius 3 is 2.28 bits per heavy atom. The van der Waals surface area contributed by atoms with Crippen LogP contribution < -0.4 is 0 Å². The number of β-amino-alcohol motifs (C(OH)–C–C–N with tert-alkyl or cyclic N) is 1. The van der Waals surface area contributed by atoms with Crippen LogP contribution in [0.25, 0.3) is 0 Å². The van der Waals surface area contributed by atoms with Crippen molar-refractivity contribution >= 4 is 9.84 Å². The van der Waals surface area contributed by atoms with Gasteiger partial charge in [0.05, 0.1) is 16.6 Å². The Bertz CT molecular complexity index is 1150. The van der Waals surface area contributed by atoms with Crippen molar-refractivity contribution in [2.45, 2.75) is 47.7 Å². The maximum absolute atomic E-state index is 12.5. The summed E-state index contributed by atoms with van der Waals surface area (Å²) in [6.45, 7) is 6.81. The average Bonchev–Trinajstić information content (AvgIpc) is 3.63. The monoisotopic (exact) mass is 449 g/mol. The number of fused-ring (bicyclic) bond motifs is 2. The highest BCUT2D eigenvalue weighted by Crippen LogP contribution is 2.64. The van der Waals surface area contributed by atoms with E-state index in [0.717, 1.165) is 44.3 Å². The van der Waals surface area contributed by atoms with Crippen LogP contribution in [0.1, 0.15) is 35.1 Å². The van der Waals surface area contributed by atoms with E-state index in [9.17, 15) is 13.5 Å². The average molecular weight is 450 g/mol. The van der Waals surface area contributed by atoms with Crippen LogP contribution in [0, 0.1) is 11.8 Å². The van der Waals surface area contributed by atoms with Gasteiger partial charge in [-0.05, 0) is 46.9 Å². The Morgan fingerprint density at radius 1 is 1.03 bits per heavy atom. The van der Waals surface area contributed by atoms with Gasteiger partial charge in [-0.2, -0.15) is 0 Å². The molecule has 2 saturated carbocycles. The van der Waals surface area contributed by atoms with E-state index in [1.54, 1.807) is 0 Å². The van der Waals surface area contributed by atoms with Crippen LogP contribution in [0.15, 0.2) is 61.2 Å². The topological polar surface area (TPSA) is 57.6 Å². The Balaban J connectivity index is 1.15. The van der Waals surface area contributed by atoms with Gasteiger partial charge < -0.3 is 5.11 Å². The number of rotatable bonds is 7. The van der Waals surface area contributed by atoms with Crippen molar-refractivity contribution in [1.29, 1.82) is 0 Å². The number of aliphatic hydroxyl groups is 1. The van der Waals surface area contributed by atoms with Crippen molar-refractivity contribution in [2.24, 2.45) is 11.8 Å². The number of hydrogen-bond donors (Lipinski definition) is 1. The maximum atomic E-state index is 12.5. The highest BCUT2D eigenvalue weighted by molar-refractivity contribution is 7.91. The molecule has 32 heavy (non-hydrogen) atoms. The number of piperidine rings is 1. The van der Waals surface area contributed by atoms with E-state index < -0.39 is 15.4 Å². The van der Waals surface area contributed by atoms with Crippen LogP contribution in [0.5, 0.6) is 0 Å². The number of benzene rings is 2. The molecule has 1 saturated heterocycles. The van der Waals surface area contributed by atoms with E-state index in [1.807, 2.05) is 12.1 Å². The van der Waals surface area contributed by atoms with Gasteiger partial charge in [-0.25, -0.2) is 8.42 Å². The number of hydrogen-bond acceptors (Lipinski definition) is 4. The molecular weight excluding hydrogens is 418 g/mol. The third-order valence-corrected chi connectivity index (χ3v) is 10.6. The molecule has 168 valence electrons. The van der Waals surface area contributed by atoms with E-state index in [4.69, 9.17) is 0 Å². The molecule has 0 spiro atoms. The molecule has 1 N–H and O–H groups in total. The van der Waals surface area contributed by atoms with Crippen LogP contribution in [-0.2, 0) is 33.8 Å². The van der Waals surface area contributed by atoms with Crippen molar-refractivity contribution in [3.63, 3.8) is 0 Å². The lowest BCUT2D eigenvalue weighted by atomic mass is 9.89. The van der Waals surface area contributed by atoms with E-state index in [2.05, 4.69) is 54.0 Å². The summed E-state index contributed by atoms with van der Waals surface area (Å²) in [5.41, 5.74) is 3.93. The third-order valence-electron chi connectivity index (χ3n) is 8.35. The quantitative estimate of drug-likeness (QED) is 0.659. The van der Waals surface area contributed by atoms with Gasteiger partial charge in [-0.15, -0.1) is 6.58 Å². The predicted octanol–water partition coefficient (Wildman–Crippen LogP) is 3.28. The first kappa shape index (κ1) is 20.6. The molecule has 0 aromatic heterocycles. The molecule has 5 heteroatoms. The number of likely N-dealkylation sites (tertiary alicyclic amines) is 1. The van der Waals surface area contributed by atoms with Crippen molar-refractivity contribution < 1.29 is 13.5 Å². The highest BCUT2D eigenvalue weighted by atomic mass is 32.2. The molecule has 1 heterocycles. The van der Waals surface area contributed by atoms with Crippen LogP contribution in [0.2, 0.25) is 0 Å². The number of allylic oxidation sites excluding steroid dienone is 1. The fourth-order valence-electron chi connectivity index (χ4n) is 6.64. The fraction of sp³-hybridized carbons (Fsp3) is 0.481. The molecule has 0 amide bonds. The molecule has 3 atom stereocenters. The summed E-state index contributed by atoms with van der Waals surface area (Å²) in [6.07, 6.45) is 5.19.